The second-order valence-corrected chi connectivity index (χ2v) is 8.00. The molecule has 0 aliphatic carbocycles. The predicted octanol–water partition coefficient (Wildman–Crippen LogP) is 6.43. The Hall–Kier alpha value is -3.11. The third kappa shape index (κ3) is 5.57. The Kier molecular flexibility index (Phi) is 7.05. The SMILES string of the molecule is COC(=O)Cc1sccc1Cc1cc(Oc2ccc(C(F)(F)F)cc2Cl)ccc1[N+](=O)[O-]. The summed E-state index contributed by atoms with van der Waals surface area (Å²) in [5, 5.41) is 13.0. The molecule has 168 valence electrons. The van der Waals surface area contributed by atoms with E-state index >= 15 is 0 Å². The van der Waals surface area contributed by atoms with Gasteiger partial charge in [-0.2, -0.15) is 13.2 Å². The Balaban J connectivity index is 1.90. The highest BCUT2D eigenvalue weighted by molar-refractivity contribution is 7.10. The molecule has 3 rings (SSSR count). The van der Waals surface area contributed by atoms with Gasteiger partial charge in [0, 0.05) is 22.9 Å². The van der Waals surface area contributed by atoms with Crippen LogP contribution in [0, 0.1) is 10.1 Å². The van der Waals surface area contributed by atoms with E-state index in [2.05, 4.69) is 4.74 Å². The molecule has 1 aromatic heterocycles. The van der Waals surface area contributed by atoms with Crippen molar-refractivity contribution in [2.45, 2.75) is 19.0 Å². The number of benzene rings is 2. The summed E-state index contributed by atoms with van der Waals surface area (Å²) in [6.07, 6.45) is -4.37. The maximum absolute atomic E-state index is 12.8. The molecule has 0 unspecified atom stereocenters. The minimum absolute atomic E-state index is 0.0265. The van der Waals surface area contributed by atoms with Crippen LogP contribution >= 0.6 is 22.9 Å². The van der Waals surface area contributed by atoms with E-state index < -0.39 is 22.6 Å². The van der Waals surface area contributed by atoms with Gasteiger partial charge in [0.15, 0.2) is 0 Å². The molecule has 3 aromatic rings. The summed E-state index contributed by atoms with van der Waals surface area (Å²) in [5.41, 5.74) is -0.0609. The van der Waals surface area contributed by atoms with Crippen molar-refractivity contribution in [1.82, 2.24) is 0 Å². The van der Waals surface area contributed by atoms with Crippen LogP contribution in [0.1, 0.15) is 21.6 Å². The van der Waals surface area contributed by atoms with Crippen LogP contribution in [0.4, 0.5) is 18.9 Å². The fraction of sp³-hybridized carbons (Fsp3) is 0.190. The Morgan fingerprint density at radius 1 is 1.16 bits per heavy atom. The summed E-state index contributed by atoms with van der Waals surface area (Å²) < 4.78 is 48.7. The summed E-state index contributed by atoms with van der Waals surface area (Å²) in [6, 6.07) is 8.41. The van der Waals surface area contributed by atoms with Gasteiger partial charge in [0.1, 0.15) is 11.5 Å². The number of ether oxygens (including phenoxy) is 2. The van der Waals surface area contributed by atoms with Gasteiger partial charge in [-0.25, -0.2) is 0 Å². The van der Waals surface area contributed by atoms with Crippen molar-refractivity contribution in [3.8, 4) is 11.5 Å². The van der Waals surface area contributed by atoms with Crippen LogP contribution in [0.2, 0.25) is 5.02 Å². The van der Waals surface area contributed by atoms with Crippen LogP contribution in [0.5, 0.6) is 11.5 Å². The Labute approximate surface area is 189 Å². The average Bonchev–Trinajstić information content (AvgIpc) is 3.15. The number of methoxy groups -OCH3 is 1. The number of hydrogen-bond acceptors (Lipinski definition) is 6. The summed E-state index contributed by atoms with van der Waals surface area (Å²) in [6.45, 7) is 0. The van der Waals surface area contributed by atoms with Crippen molar-refractivity contribution < 1.29 is 32.4 Å². The molecule has 0 N–H and O–H groups in total. The van der Waals surface area contributed by atoms with Crippen molar-refractivity contribution in [2.75, 3.05) is 7.11 Å². The molecule has 6 nitrogen and oxygen atoms in total. The molecule has 0 fully saturated rings. The normalized spacial score (nSPS) is 11.3. The second-order valence-electron chi connectivity index (χ2n) is 6.59. The zero-order valence-electron chi connectivity index (χ0n) is 16.4. The maximum Gasteiger partial charge on any atom is 0.416 e. The van der Waals surface area contributed by atoms with Gasteiger partial charge in [-0.15, -0.1) is 11.3 Å². The molecule has 32 heavy (non-hydrogen) atoms. The van der Waals surface area contributed by atoms with Crippen molar-refractivity contribution >= 4 is 34.6 Å². The Morgan fingerprint density at radius 3 is 2.53 bits per heavy atom. The zero-order valence-corrected chi connectivity index (χ0v) is 18.0. The van der Waals surface area contributed by atoms with E-state index in [1.165, 1.54) is 36.6 Å². The number of hydrogen-bond donors (Lipinski definition) is 0. The highest BCUT2D eigenvalue weighted by Gasteiger charge is 2.31. The van der Waals surface area contributed by atoms with E-state index in [0.29, 0.717) is 16.0 Å². The first-order valence-corrected chi connectivity index (χ1v) is 10.3. The number of carbonyl (C=O) groups excluding carboxylic acids is 1. The van der Waals surface area contributed by atoms with Gasteiger partial charge < -0.3 is 9.47 Å². The molecule has 0 bridgehead atoms. The van der Waals surface area contributed by atoms with Crippen LogP contribution in [-0.2, 0) is 28.5 Å². The number of thiophene rings is 1. The molecule has 0 aliphatic heterocycles. The molecule has 0 amide bonds. The summed E-state index contributed by atoms with van der Waals surface area (Å²) in [4.78, 5) is 23.3. The second kappa shape index (κ2) is 9.58. The number of nitrogens with zero attached hydrogens (tertiary/aromatic N) is 1. The average molecular weight is 486 g/mol. The molecule has 0 saturated carbocycles. The van der Waals surface area contributed by atoms with Gasteiger partial charge in [0.25, 0.3) is 5.69 Å². The smallest absolute Gasteiger partial charge is 0.416 e. The molecule has 0 saturated heterocycles. The molecule has 11 heteroatoms. The molecule has 2 aromatic carbocycles. The monoisotopic (exact) mass is 485 g/mol. The van der Waals surface area contributed by atoms with Crippen molar-refractivity contribution in [1.29, 1.82) is 0 Å². The maximum atomic E-state index is 12.8. The fourth-order valence-electron chi connectivity index (χ4n) is 2.92. The summed E-state index contributed by atoms with van der Waals surface area (Å²) in [7, 11) is 1.27. The van der Waals surface area contributed by atoms with Crippen LogP contribution in [0.3, 0.4) is 0 Å². The number of carbonyl (C=O) groups is 1. The van der Waals surface area contributed by atoms with E-state index in [-0.39, 0.29) is 35.1 Å². The lowest BCUT2D eigenvalue weighted by Gasteiger charge is -2.12. The third-order valence-corrected chi connectivity index (χ3v) is 5.74. The van der Waals surface area contributed by atoms with Crippen LogP contribution in [-0.4, -0.2) is 18.0 Å². The van der Waals surface area contributed by atoms with Crippen molar-refractivity contribution in [2.24, 2.45) is 0 Å². The van der Waals surface area contributed by atoms with E-state index in [1.54, 1.807) is 11.4 Å². The topological polar surface area (TPSA) is 78.7 Å². The summed E-state index contributed by atoms with van der Waals surface area (Å²) in [5.74, 6) is -0.296. The van der Waals surface area contributed by atoms with Gasteiger partial charge in [-0.1, -0.05) is 11.6 Å². The van der Waals surface area contributed by atoms with Crippen LogP contribution < -0.4 is 4.74 Å². The fourth-order valence-corrected chi connectivity index (χ4v) is 4.03. The minimum Gasteiger partial charge on any atom is -0.469 e. The molecule has 0 radical (unpaired) electrons. The lowest BCUT2D eigenvalue weighted by atomic mass is 10.0. The van der Waals surface area contributed by atoms with Crippen molar-refractivity contribution in [3.05, 3.63) is 84.5 Å². The molecular weight excluding hydrogens is 471 g/mol. The van der Waals surface area contributed by atoms with E-state index in [4.69, 9.17) is 16.3 Å². The molecular formula is C21H15ClF3NO5S. The number of rotatable bonds is 7. The van der Waals surface area contributed by atoms with Gasteiger partial charge in [0.2, 0.25) is 0 Å². The molecule has 0 spiro atoms. The predicted molar refractivity (Wildman–Crippen MR) is 112 cm³/mol. The number of halogens is 4. The van der Waals surface area contributed by atoms with E-state index in [9.17, 15) is 28.1 Å². The first kappa shape index (κ1) is 23.6. The highest BCUT2D eigenvalue weighted by atomic mass is 35.5. The minimum atomic E-state index is -4.55. The third-order valence-electron chi connectivity index (χ3n) is 4.49. The van der Waals surface area contributed by atoms with Gasteiger partial charge in [-0.05, 0) is 47.3 Å². The zero-order chi connectivity index (χ0) is 23.5. The summed E-state index contributed by atoms with van der Waals surface area (Å²) >= 11 is 7.26. The first-order chi connectivity index (χ1) is 15.1. The lowest BCUT2D eigenvalue weighted by Crippen LogP contribution is -2.05. The number of alkyl halides is 3. The number of nitro groups is 1. The van der Waals surface area contributed by atoms with Crippen LogP contribution in [0.15, 0.2) is 47.8 Å². The molecule has 1 heterocycles. The lowest BCUT2D eigenvalue weighted by molar-refractivity contribution is -0.385. The van der Waals surface area contributed by atoms with Gasteiger partial charge in [0.05, 0.1) is 29.0 Å². The number of esters is 1. The van der Waals surface area contributed by atoms with E-state index in [0.717, 1.165) is 18.2 Å². The molecule has 0 aliphatic rings. The Morgan fingerprint density at radius 2 is 1.91 bits per heavy atom. The van der Waals surface area contributed by atoms with Crippen molar-refractivity contribution in [3.63, 3.8) is 0 Å². The van der Waals surface area contributed by atoms with Gasteiger partial charge >= 0.3 is 12.1 Å². The number of nitro benzene ring substituents is 1. The quantitative estimate of drug-likeness (QED) is 0.219. The largest absolute Gasteiger partial charge is 0.469 e. The van der Waals surface area contributed by atoms with Gasteiger partial charge in [-0.3, -0.25) is 14.9 Å². The molecule has 0 atom stereocenters. The standard InChI is InChI=1S/C21H15ClF3NO5S/c1-30-20(27)11-19-12(6-7-32-19)8-13-9-15(3-4-17(13)26(28)29)31-18-5-2-14(10-16(18)22)21(23,24)25/h2-7,9-10H,8,11H2,1H3. The van der Waals surface area contributed by atoms with Crippen LogP contribution in [0.25, 0.3) is 0 Å². The first-order valence-electron chi connectivity index (χ1n) is 9.02. The van der Waals surface area contributed by atoms with E-state index in [1.807, 2.05) is 0 Å². The highest BCUT2D eigenvalue weighted by Crippen LogP contribution is 2.37. The Bertz CT molecular complexity index is 1160.